The number of fused-ring (bicyclic) bond motifs is 2. The van der Waals surface area contributed by atoms with Gasteiger partial charge in [-0.25, -0.2) is 4.98 Å². The second-order valence-corrected chi connectivity index (χ2v) is 5.78. The SMILES string of the molecule is Cc1nc2c(O[C@@H]3c4ccccc4C[C@H]3O)cccn2c1C=O. The molecule has 0 unspecified atom stereocenters. The molecule has 116 valence electrons. The molecular weight excluding hydrogens is 292 g/mol. The molecule has 0 amide bonds. The molecular formula is C18H16N2O3. The molecule has 0 saturated carbocycles. The standard InChI is InChI=1S/C18H16N2O3/c1-11-14(10-21)20-8-4-7-16(18(20)19-11)23-17-13-6-3-2-5-12(13)9-15(17)22/h2-8,10,15,17,22H,9H2,1H3/t15-,17-/m1/s1. The Hall–Kier alpha value is -2.66. The van der Waals surface area contributed by atoms with Gasteiger partial charge in [-0.1, -0.05) is 24.3 Å². The number of aldehydes is 1. The molecule has 0 spiro atoms. The van der Waals surface area contributed by atoms with E-state index in [1.165, 1.54) is 0 Å². The van der Waals surface area contributed by atoms with Crippen LogP contribution in [0.1, 0.15) is 33.4 Å². The molecule has 0 radical (unpaired) electrons. The fourth-order valence-electron chi connectivity index (χ4n) is 3.22. The number of hydrogen-bond acceptors (Lipinski definition) is 4. The number of aliphatic hydroxyl groups excluding tert-OH is 1. The maximum absolute atomic E-state index is 11.2. The minimum absolute atomic E-state index is 0.422. The zero-order valence-corrected chi connectivity index (χ0v) is 12.6. The summed E-state index contributed by atoms with van der Waals surface area (Å²) in [6.07, 6.45) is 2.14. The topological polar surface area (TPSA) is 63.8 Å². The van der Waals surface area contributed by atoms with Crippen molar-refractivity contribution in [3.63, 3.8) is 0 Å². The van der Waals surface area contributed by atoms with Crippen LogP contribution in [0.5, 0.6) is 5.75 Å². The number of ether oxygens (including phenoxy) is 1. The van der Waals surface area contributed by atoms with Gasteiger partial charge in [-0.3, -0.25) is 9.20 Å². The van der Waals surface area contributed by atoms with Gasteiger partial charge in [0.15, 0.2) is 23.8 Å². The molecule has 0 fully saturated rings. The molecule has 2 atom stereocenters. The van der Waals surface area contributed by atoms with E-state index in [0.29, 0.717) is 29.2 Å². The quantitative estimate of drug-likeness (QED) is 0.755. The number of carbonyl (C=O) groups is 1. The van der Waals surface area contributed by atoms with Crippen LogP contribution < -0.4 is 4.74 Å². The zero-order chi connectivity index (χ0) is 16.0. The number of benzene rings is 1. The van der Waals surface area contributed by atoms with Crippen LogP contribution in [-0.2, 0) is 6.42 Å². The summed E-state index contributed by atoms with van der Waals surface area (Å²) in [5.74, 6) is 0.560. The van der Waals surface area contributed by atoms with Crippen LogP contribution in [0, 0.1) is 6.92 Å². The van der Waals surface area contributed by atoms with Gasteiger partial charge in [-0.05, 0) is 30.2 Å². The Balaban J connectivity index is 1.78. The third-order valence-corrected chi connectivity index (χ3v) is 4.34. The van der Waals surface area contributed by atoms with Crippen LogP contribution >= 0.6 is 0 Å². The van der Waals surface area contributed by atoms with E-state index in [0.717, 1.165) is 17.4 Å². The third kappa shape index (κ3) is 2.12. The van der Waals surface area contributed by atoms with Gasteiger partial charge in [0.2, 0.25) is 0 Å². The number of aliphatic hydroxyl groups is 1. The number of rotatable bonds is 3. The molecule has 0 bridgehead atoms. The summed E-state index contributed by atoms with van der Waals surface area (Å²) >= 11 is 0. The smallest absolute Gasteiger partial charge is 0.180 e. The van der Waals surface area contributed by atoms with E-state index < -0.39 is 12.2 Å². The molecule has 5 heteroatoms. The first-order valence-corrected chi connectivity index (χ1v) is 7.54. The van der Waals surface area contributed by atoms with Crippen LogP contribution in [0.3, 0.4) is 0 Å². The van der Waals surface area contributed by atoms with E-state index in [4.69, 9.17) is 4.74 Å². The molecule has 2 aromatic heterocycles. The molecule has 4 rings (SSSR count). The lowest BCUT2D eigenvalue weighted by Gasteiger charge is -2.18. The molecule has 0 saturated heterocycles. The molecule has 1 N–H and O–H groups in total. The Kier molecular flexibility index (Phi) is 3.16. The number of nitrogens with zero attached hydrogens (tertiary/aromatic N) is 2. The maximum atomic E-state index is 11.2. The Bertz CT molecular complexity index is 900. The first kappa shape index (κ1) is 14.0. The summed E-state index contributed by atoms with van der Waals surface area (Å²) in [5, 5.41) is 10.3. The molecule has 0 aliphatic heterocycles. The minimum atomic E-state index is -0.589. The predicted molar refractivity (Wildman–Crippen MR) is 84.8 cm³/mol. The number of aryl methyl sites for hydroxylation is 1. The molecule has 1 aromatic carbocycles. The van der Waals surface area contributed by atoms with Crippen LogP contribution in [0.15, 0.2) is 42.6 Å². The number of hydrogen-bond donors (Lipinski definition) is 1. The van der Waals surface area contributed by atoms with Crippen molar-refractivity contribution < 1.29 is 14.6 Å². The van der Waals surface area contributed by atoms with Gasteiger partial charge in [0, 0.05) is 12.6 Å². The van der Waals surface area contributed by atoms with Crippen molar-refractivity contribution in [2.75, 3.05) is 0 Å². The summed E-state index contributed by atoms with van der Waals surface area (Å²) in [6, 6.07) is 11.5. The lowest BCUT2D eigenvalue weighted by atomic mass is 10.1. The van der Waals surface area contributed by atoms with Crippen molar-refractivity contribution in [3.8, 4) is 5.75 Å². The largest absolute Gasteiger partial charge is 0.479 e. The van der Waals surface area contributed by atoms with Crippen molar-refractivity contribution in [1.29, 1.82) is 0 Å². The average molecular weight is 308 g/mol. The Morgan fingerprint density at radius 2 is 2.13 bits per heavy atom. The molecule has 23 heavy (non-hydrogen) atoms. The van der Waals surface area contributed by atoms with Crippen molar-refractivity contribution in [2.24, 2.45) is 0 Å². The second kappa shape index (κ2) is 5.21. The lowest BCUT2D eigenvalue weighted by molar-refractivity contribution is 0.0502. The van der Waals surface area contributed by atoms with Gasteiger partial charge >= 0.3 is 0 Å². The number of pyridine rings is 1. The highest BCUT2D eigenvalue weighted by molar-refractivity contribution is 5.77. The highest BCUT2D eigenvalue weighted by atomic mass is 16.5. The zero-order valence-electron chi connectivity index (χ0n) is 12.6. The van der Waals surface area contributed by atoms with Gasteiger partial charge in [0.1, 0.15) is 5.69 Å². The first-order valence-electron chi connectivity index (χ1n) is 7.54. The van der Waals surface area contributed by atoms with E-state index in [1.807, 2.05) is 36.4 Å². The normalized spacial score (nSPS) is 19.7. The molecule has 1 aliphatic carbocycles. The summed E-state index contributed by atoms with van der Waals surface area (Å²) in [6.45, 7) is 1.79. The average Bonchev–Trinajstić information content (AvgIpc) is 3.04. The Labute approximate surface area is 133 Å². The van der Waals surface area contributed by atoms with Gasteiger partial charge in [-0.15, -0.1) is 0 Å². The summed E-state index contributed by atoms with van der Waals surface area (Å²) in [4.78, 5) is 15.7. The van der Waals surface area contributed by atoms with Crippen LogP contribution in [0.25, 0.3) is 5.65 Å². The van der Waals surface area contributed by atoms with Crippen LogP contribution in [0.2, 0.25) is 0 Å². The Morgan fingerprint density at radius 1 is 1.30 bits per heavy atom. The number of imidazole rings is 1. The number of carbonyl (C=O) groups excluding carboxylic acids is 1. The maximum Gasteiger partial charge on any atom is 0.180 e. The fraction of sp³-hybridized carbons (Fsp3) is 0.222. The summed E-state index contributed by atoms with van der Waals surface area (Å²) in [7, 11) is 0. The van der Waals surface area contributed by atoms with Crippen molar-refractivity contribution in [3.05, 3.63) is 65.1 Å². The molecule has 5 nitrogen and oxygen atoms in total. The monoisotopic (exact) mass is 308 g/mol. The lowest BCUT2D eigenvalue weighted by Crippen LogP contribution is -2.19. The van der Waals surface area contributed by atoms with E-state index in [9.17, 15) is 9.90 Å². The summed E-state index contributed by atoms with van der Waals surface area (Å²) in [5.41, 5.74) is 3.86. The third-order valence-electron chi connectivity index (χ3n) is 4.34. The second-order valence-electron chi connectivity index (χ2n) is 5.78. The molecule has 2 heterocycles. The van der Waals surface area contributed by atoms with Crippen LogP contribution in [-0.4, -0.2) is 26.9 Å². The van der Waals surface area contributed by atoms with E-state index in [2.05, 4.69) is 4.98 Å². The van der Waals surface area contributed by atoms with E-state index in [-0.39, 0.29) is 0 Å². The van der Waals surface area contributed by atoms with Crippen LogP contribution in [0.4, 0.5) is 0 Å². The van der Waals surface area contributed by atoms with E-state index in [1.54, 1.807) is 17.5 Å². The molecule has 1 aliphatic rings. The van der Waals surface area contributed by atoms with Gasteiger partial charge in [0.05, 0.1) is 11.8 Å². The van der Waals surface area contributed by atoms with Gasteiger partial charge < -0.3 is 9.84 Å². The Morgan fingerprint density at radius 3 is 2.96 bits per heavy atom. The van der Waals surface area contributed by atoms with Crippen molar-refractivity contribution in [2.45, 2.75) is 25.6 Å². The minimum Gasteiger partial charge on any atom is -0.479 e. The van der Waals surface area contributed by atoms with Gasteiger partial charge in [-0.2, -0.15) is 0 Å². The fourth-order valence-corrected chi connectivity index (χ4v) is 3.22. The number of aromatic nitrogens is 2. The predicted octanol–water partition coefficient (Wildman–Crippen LogP) is 2.49. The van der Waals surface area contributed by atoms with Gasteiger partial charge in [0.25, 0.3) is 0 Å². The summed E-state index contributed by atoms with van der Waals surface area (Å²) < 4.78 is 7.80. The molecule has 3 aromatic rings. The highest BCUT2D eigenvalue weighted by Crippen LogP contribution is 2.36. The first-order chi connectivity index (χ1) is 11.2. The highest BCUT2D eigenvalue weighted by Gasteiger charge is 2.33. The van der Waals surface area contributed by atoms with E-state index >= 15 is 0 Å². The van der Waals surface area contributed by atoms with Crippen molar-refractivity contribution >= 4 is 11.9 Å². The van der Waals surface area contributed by atoms with Crippen molar-refractivity contribution in [1.82, 2.24) is 9.38 Å².